The topological polar surface area (TPSA) is 140 Å². The van der Waals surface area contributed by atoms with E-state index in [2.05, 4.69) is 5.32 Å². The average Bonchev–Trinajstić information content (AvgIpc) is 3.04. The van der Waals surface area contributed by atoms with E-state index in [1.165, 1.54) is 4.90 Å². The first kappa shape index (κ1) is 19.7. The SMILES string of the molecule is Cc1ccc(N2CC(C(=O)NC3C(O)O[C@H](CO)C(O)[C@@H]3O)CC2=O)cc1. The van der Waals surface area contributed by atoms with Crippen molar-refractivity contribution in [2.75, 3.05) is 18.1 Å². The molecule has 2 aliphatic heterocycles. The summed E-state index contributed by atoms with van der Waals surface area (Å²) in [6, 6.07) is 6.10. The van der Waals surface area contributed by atoms with Gasteiger partial charge in [-0.3, -0.25) is 9.59 Å². The maximum Gasteiger partial charge on any atom is 0.227 e. The highest BCUT2D eigenvalue weighted by molar-refractivity contribution is 6.00. The number of aryl methyl sites for hydroxylation is 1. The first-order valence-corrected chi connectivity index (χ1v) is 8.79. The molecule has 3 rings (SSSR count). The van der Waals surface area contributed by atoms with Crippen molar-refractivity contribution in [1.82, 2.24) is 5.32 Å². The maximum atomic E-state index is 12.5. The lowest BCUT2D eigenvalue weighted by atomic mass is 9.96. The summed E-state index contributed by atoms with van der Waals surface area (Å²) in [5.41, 5.74) is 1.75. The van der Waals surface area contributed by atoms with Crippen molar-refractivity contribution in [3.05, 3.63) is 29.8 Å². The predicted octanol–water partition coefficient (Wildman–Crippen LogP) is -1.74. The Bertz CT molecular complexity index is 695. The van der Waals surface area contributed by atoms with E-state index in [1.54, 1.807) is 12.1 Å². The van der Waals surface area contributed by atoms with Gasteiger partial charge >= 0.3 is 0 Å². The molecule has 2 amide bonds. The van der Waals surface area contributed by atoms with Gasteiger partial charge in [0.15, 0.2) is 6.29 Å². The Kier molecular flexibility index (Phi) is 5.78. The first-order chi connectivity index (χ1) is 12.8. The zero-order valence-corrected chi connectivity index (χ0v) is 14.9. The molecule has 1 aromatic rings. The minimum absolute atomic E-state index is 0.00129. The molecular formula is C18H24N2O7. The molecule has 27 heavy (non-hydrogen) atoms. The normalized spacial score (nSPS) is 34.0. The summed E-state index contributed by atoms with van der Waals surface area (Å²) >= 11 is 0. The van der Waals surface area contributed by atoms with Crippen LogP contribution in [0.25, 0.3) is 0 Å². The van der Waals surface area contributed by atoms with Gasteiger partial charge in [0.2, 0.25) is 11.8 Å². The molecule has 9 nitrogen and oxygen atoms in total. The minimum atomic E-state index is -1.59. The minimum Gasteiger partial charge on any atom is -0.394 e. The third kappa shape index (κ3) is 3.97. The summed E-state index contributed by atoms with van der Waals surface area (Å²) in [5.74, 6) is -1.38. The van der Waals surface area contributed by atoms with E-state index in [4.69, 9.17) is 9.84 Å². The van der Waals surface area contributed by atoms with Crippen LogP contribution in [0.5, 0.6) is 0 Å². The van der Waals surface area contributed by atoms with Gasteiger partial charge < -0.3 is 35.4 Å². The molecule has 5 N–H and O–H groups in total. The van der Waals surface area contributed by atoms with Gasteiger partial charge in [-0.05, 0) is 19.1 Å². The standard InChI is InChI=1S/C18H24N2O7/c1-9-2-4-11(5-3-9)20-7-10(6-13(20)22)17(25)19-14-16(24)15(23)12(8-21)27-18(14)26/h2-5,10,12,14-16,18,21,23-24,26H,6-8H2,1H3,(H,19,25)/t10?,12-,14?,15?,16-,18?/m1/s1. The van der Waals surface area contributed by atoms with Crippen molar-refractivity contribution in [3.63, 3.8) is 0 Å². The van der Waals surface area contributed by atoms with Gasteiger partial charge in [-0.15, -0.1) is 0 Å². The summed E-state index contributed by atoms with van der Waals surface area (Å²) in [5, 5.41) is 41.5. The summed E-state index contributed by atoms with van der Waals surface area (Å²) in [4.78, 5) is 26.3. The summed E-state index contributed by atoms with van der Waals surface area (Å²) in [6.07, 6.45) is -5.71. The highest BCUT2D eigenvalue weighted by atomic mass is 16.6. The molecule has 2 fully saturated rings. The molecule has 9 heteroatoms. The predicted molar refractivity (Wildman–Crippen MR) is 93.5 cm³/mol. The van der Waals surface area contributed by atoms with Crippen molar-refractivity contribution < 1.29 is 34.8 Å². The van der Waals surface area contributed by atoms with Crippen LogP contribution in [-0.4, -0.2) is 76.0 Å². The number of rotatable bonds is 4. The lowest BCUT2D eigenvalue weighted by molar-refractivity contribution is -0.254. The number of hydrogen-bond acceptors (Lipinski definition) is 7. The largest absolute Gasteiger partial charge is 0.394 e. The molecule has 0 saturated carbocycles. The molecule has 0 aliphatic carbocycles. The lowest BCUT2D eigenvalue weighted by Crippen LogP contribution is -2.64. The zero-order chi connectivity index (χ0) is 19.7. The van der Waals surface area contributed by atoms with Gasteiger partial charge in [0.1, 0.15) is 24.4 Å². The van der Waals surface area contributed by atoms with Gasteiger partial charge in [0, 0.05) is 18.7 Å². The van der Waals surface area contributed by atoms with Crippen LogP contribution >= 0.6 is 0 Å². The number of carbonyl (C=O) groups excluding carboxylic acids is 2. The quantitative estimate of drug-likeness (QED) is 0.418. The van der Waals surface area contributed by atoms with Crippen molar-refractivity contribution in [1.29, 1.82) is 0 Å². The third-order valence-electron chi connectivity index (χ3n) is 5.05. The van der Waals surface area contributed by atoms with Crippen LogP contribution in [0.3, 0.4) is 0 Å². The smallest absolute Gasteiger partial charge is 0.227 e. The van der Waals surface area contributed by atoms with E-state index in [0.717, 1.165) is 5.56 Å². The van der Waals surface area contributed by atoms with Gasteiger partial charge in [-0.1, -0.05) is 17.7 Å². The van der Waals surface area contributed by atoms with Crippen LogP contribution < -0.4 is 10.2 Å². The Morgan fingerprint density at radius 2 is 1.89 bits per heavy atom. The molecule has 6 atom stereocenters. The van der Waals surface area contributed by atoms with Crippen LogP contribution in [0, 0.1) is 12.8 Å². The van der Waals surface area contributed by atoms with Gasteiger partial charge in [0.05, 0.1) is 12.5 Å². The third-order valence-corrected chi connectivity index (χ3v) is 5.05. The Hall–Kier alpha value is -2.04. The van der Waals surface area contributed by atoms with Crippen LogP contribution in [0.15, 0.2) is 24.3 Å². The second-order valence-electron chi connectivity index (χ2n) is 7.00. The van der Waals surface area contributed by atoms with E-state index in [-0.39, 0.29) is 18.9 Å². The Balaban J connectivity index is 1.65. The molecule has 2 aliphatic rings. The first-order valence-electron chi connectivity index (χ1n) is 8.79. The number of benzene rings is 1. The number of aliphatic hydroxyl groups excluding tert-OH is 4. The number of anilines is 1. The number of hydrogen-bond donors (Lipinski definition) is 5. The Morgan fingerprint density at radius 3 is 2.52 bits per heavy atom. The lowest BCUT2D eigenvalue weighted by Gasteiger charge is -2.40. The fourth-order valence-corrected chi connectivity index (χ4v) is 3.39. The molecule has 148 valence electrons. The number of aliphatic hydroxyl groups is 4. The zero-order valence-electron chi connectivity index (χ0n) is 14.9. The average molecular weight is 380 g/mol. The molecule has 0 radical (unpaired) electrons. The fraction of sp³-hybridized carbons (Fsp3) is 0.556. The molecule has 1 aromatic carbocycles. The number of ether oxygens (including phenoxy) is 1. The molecule has 0 bridgehead atoms. The highest BCUT2D eigenvalue weighted by Crippen LogP contribution is 2.26. The number of nitrogens with one attached hydrogen (secondary N) is 1. The molecule has 2 saturated heterocycles. The monoisotopic (exact) mass is 380 g/mol. The second-order valence-corrected chi connectivity index (χ2v) is 7.00. The van der Waals surface area contributed by atoms with E-state index in [1.807, 2.05) is 19.1 Å². The van der Waals surface area contributed by atoms with Crippen molar-refractivity contribution in [2.45, 2.75) is 44.0 Å². The van der Waals surface area contributed by atoms with Crippen molar-refractivity contribution in [2.24, 2.45) is 5.92 Å². The van der Waals surface area contributed by atoms with E-state index >= 15 is 0 Å². The van der Waals surface area contributed by atoms with E-state index in [9.17, 15) is 24.9 Å². The second kappa shape index (κ2) is 7.91. The number of amides is 2. The van der Waals surface area contributed by atoms with Gasteiger partial charge in [-0.2, -0.15) is 0 Å². The van der Waals surface area contributed by atoms with Crippen molar-refractivity contribution in [3.8, 4) is 0 Å². The van der Waals surface area contributed by atoms with Crippen LogP contribution in [0.4, 0.5) is 5.69 Å². The van der Waals surface area contributed by atoms with Crippen LogP contribution in [0.1, 0.15) is 12.0 Å². The van der Waals surface area contributed by atoms with Crippen LogP contribution in [-0.2, 0) is 14.3 Å². The van der Waals surface area contributed by atoms with E-state index in [0.29, 0.717) is 5.69 Å². The van der Waals surface area contributed by atoms with Crippen molar-refractivity contribution >= 4 is 17.5 Å². The van der Waals surface area contributed by atoms with Gasteiger partial charge in [0.25, 0.3) is 0 Å². The van der Waals surface area contributed by atoms with Gasteiger partial charge in [-0.25, -0.2) is 0 Å². The molecular weight excluding hydrogens is 356 g/mol. The maximum absolute atomic E-state index is 12.5. The molecule has 4 unspecified atom stereocenters. The Labute approximate surface area is 156 Å². The summed E-state index contributed by atoms with van der Waals surface area (Å²) in [7, 11) is 0. The molecule has 0 spiro atoms. The number of carbonyl (C=O) groups is 2. The van der Waals surface area contributed by atoms with E-state index < -0.39 is 49.1 Å². The number of nitrogens with zero attached hydrogens (tertiary/aromatic N) is 1. The summed E-state index contributed by atoms with van der Waals surface area (Å²) < 4.78 is 5.02. The Morgan fingerprint density at radius 1 is 1.22 bits per heavy atom. The molecule has 0 aromatic heterocycles. The molecule has 2 heterocycles. The highest BCUT2D eigenvalue weighted by Gasteiger charge is 2.45. The fourth-order valence-electron chi connectivity index (χ4n) is 3.39. The summed E-state index contributed by atoms with van der Waals surface area (Å²) in [6.45, 7) is 1.53. The van der Waals surface area contributed by atoms with Crippen LogP contribution in [0.2, 0.25) is 0 Å².